The number of hydrogen-bond donors (Lipinski definition) is 0. The molecule has 1 saturated heterocycles. The van der Waals surface area contributed by atoms with E-state index >= 15 is 0 Å². The van der Waals surface area contributed by atoms with Gasteiger partial charge >= 0.3 is 0 Å². The quantitative estimate of drug-likeness (QED) is 0.860. The van der Waals surface area contributed by atoms with Crippen LogP contribution in [0.1, 0.15) is 0 Å². The summed E-state index contributed by atoms with van der Waals surface area (Å²) in [6.07, 6.45) is 0. The summed E-state index contributed by atoms with van der Waals surface area (Å²) in [6.45, 7) is 4.09. The van der Waals surface area contributed by atoms with E-state index in [1.54, 1.807) is 7.11 Å². The summed E-state index contributed by atoms with van der Waals surface area (Å²) >= 11 is 5.94. The molecular weight excluding hydrogens is 284 g/mol. The van der Waals surface area contributed by atoms with Gasteiger partial charge in [0, 0.05) is 42.6 Å². The van der Waals surface area contributed by atoms with Crippen molar-refractivity contribution >= 4 is 23.0 Å². The van der Waals surface area contributed by atoms with Crippen LogP contribution in [0, 0.1) is 0 Å². The molecular formula is C17H19ClN2O. The van der Waals surface area contributed by atoms with Gasteiger partial charge in [-0.2, -0.15) is 0 Å². The zero-order valence-electron chi connectivity index (χ0n) is 12.1. The van der Waals surface area contributed by atoms with E-state index < -0.39 is 0 Å². The minimum atomic E-state index is 0.788. The van der Waals surface area contributed by atoms with Crippen molar-refractivity contribution in [2.75, 3.05) is 43.1 Å². The highest BCUT2D eigenvalue weighted by Crippen LogP contribution is 2.23. The van der Waals surface area contributed by atoms with E-state index in [1.165, 1.54) is 11.4 Å². The summed E-state index contributed by atoms with van der Waals surface area (Å²) in [4.78, 5) is 4.81. The molecule has 0 radical (unpaired) electrons. The van der Waals surface area contributed by atoms with Gasteiger partial charge in [-0.3, -0.25) is 0 Å². The molecule has 0 amide bonds. The van der Waals surface area contributed by atoms with Crippen molar-refractivity contribution in [1.82, 2.24) is 0 Å². The molecule has 0 atom stereocenters. The van der Waals surface area contributed by atoms with Crippen LogP contribution in [0.4, 0.5) is 11.4 Å². The summed E-state index contributed by atoms with van der Waals surface area (Å²) in [5, 5.41) is 0.788. The van der Waals surface area contributed by atoms with E-state index in [1.807, 2.05) is 24.3 Å². The van der Waals surface area contributed by atoms with Crippen molar-refractivity contribution in [3.63, 3.8) is 0 Å². The average Bonchev–Trinajstić information content (AvgIpc) is 2.56. The molecule has 2 aromatic carbocycles. The van der Waals surface area contributed by atoms with Crippen molar-refractivity contribution in [2.24, 2.45) is 0 Å². The zero-order chi connectivity index (χ0) is 14.7. The Morgan fingerprint density at radius 3 is 1.62 bits per heavy atom. The number of halogens is 1. The van der Waals surface area contributed by atoms with E-state index in [4.69, 9.17) is 16.3 Å². The van der Waals surface area contributed by atoms with Gasteiger partial charge in [0.2, 0.25) is 0 Å². The van der Waals surface area contributed by atoms with Crippen LogP contribution in [0.15, 0.2) is 48.5 Å². The maximum Gasteiger partial charge on any atom is 0.119 e. The van der Waals surface area contributed by atoms with Gasteiger partial charge in [-0.15, -0.1) is 0 Å². The largest absolute Gasteiger partial charge is 0.497 e. The Morgan fingerprint density at radius 1 is 0.762 bits per heavy atom. The second kappa shape index (κ2) is 6.27. The molecule has 1 aliphatic rings. The fraction of sp³-hybridized carbons (Fsp3) is 0.294. The van der Waals surface area contributed by atoms with Gasteiger partial charge < -0.3 is 14.5 Å². The molecule has 0 aliphatic carbocycles. The number of anilines is 2. The molecule has 0 unspecified atom stereocenters. The number of piperazine rings is 1. The molecule has 0 bridgehead atoms. The first-order valence-electron chi connectivity index (χ1n) is 7.16. The van der Waals surface area contributed by atoms with Crippen molar-refractivity contribution in [1.29, 1.82) is 0 Å². The molecule has 3 rings (SSSR count). The molecule has 0 spiro atoms. The van der Waals surface area contributed by atoms with Crippen molar-refractivity contribution in [3.05, 3.63) is 53.6 Å². The normalized spacial score (nSPS) is 15.1. The molecule has 110 valence electrons. The SMILES string of the molecule is COc1ccc(N2CCN(c3ccc(Cl)cc3)CC2)cc1. The minimum absolute atomic E-state index is 0.788. The predicted octanol–water partition coefficient (Wildman–Crippen LogP) is 3.68. The number of benzene rings is 2. The lowest BCUT2D eigenvalue weighted by Gasteiger charge is -2.37. The highest BCUT2D eigenvalue weighted by Gasteiger charge is 2.17. The molecule has 0 aromatic heterocycles. The molecule has 2 aromatic rings. The maximum absolute atomic E-state index is 5.94. The number of ether oxygens (including phenoxy) is 1. The van der Waals surface area contributed by atoms with Crippen LogP contribution in [-0.2, 0) is 0 Å². The average molecular weight is 303 g/mol. The Morgan fingerprint density at radius 2 is 1.19 bits per heavy atom. The lowest BCUT2D eigenvalue weighted by Crippen LogP contribution is -2.46. The van der Waals surface area contributed by atoms with Crippen molar-refractivity contribution in [3.8, 4) is 5.75 Å². The van der Waals surface area contributed by atoms with E-state index in [2.05, 4.69) is 34.1 Å². The standard InChI is InChI=1S/C17H19ClN2O/c1-21-17-8-6-16(7-9-17)20-12-10-19(11-13-20)15-4-2-14(18)3-5-15/h2-9H,10-13H2,1H3. The monoisotopic (exact) mass is 302 g/mol. The van der Waals surface area contributed by atoms with Gasteiger partial charge in [-0.25, -0.2) is 0 Å². The first-order valence-corrected chi connectivity index (χ1v) is 7.53. The maximum atomic E-state index is 5.94. The first kappa shape index (κ1) is 14.1. The van der Waals surface area contributed by atoms with Crippen LogP contribution < -0.4 is 14.5 Å². The van der Waals surface area contributed by atoms with Crippen LogP contribution in [0.5, 0.6) is 5.75 Å². The summed E-state index contributed by atoms with van der Waals surface area (Å²) < 4.78 is 5.20. The van der Waals surface area contributed by atoms with Gasteiger partial charge in [-0.1, -0.05) is 11.6 Å². The Bertz CT molecular complexity index is 575. The van der Waals surface area contributed by atoms with Crippen LogP contribution in [0.25, 0.3) is 0 Å². The van der Waals surface area contributed by atoms with Gasteiger partial charge in [0.25, 0.3) is 0 Å². The Labute approximate surface area is 130 Å². The number of rotatable bonds is 3. The predicted molar refractivity (Wildman–Crippen MR) is 88.9 cm³/mol. The fourth-order valence-corrected chi connectivity index (χ4v) is 2.79. The van der Waals surface area contributed by atoms with Gasteiger partial charge in [-0.05, 0) is 48.5 Å². The molecule has 1 heterocycles. The van der Waals surface area contributed by atoms with Gasteiger partial charge in [0.05, 0.1) is 7.11 Å². The zero-order valence-corrected chi connectivity index (χ0v) is 12.9. The highest BCUT2D eigenvalue weighted by molar-refractivity contribution is 6.30. The number of hydrogen-bond acceptors (Lipinski definition) is 3. The second-order valence-electron chi connectivity index (χ2n) is 5.15. The Kier molecular flexibility index (Phi) is 4.20. The van der Waals surface area contributed by atoms with E-state index in [-0.39, 0.29) is 0 Å². The first-order chi connectivity index (χ1) is 10.3. The minimum Gasteiger partial charge on any atom is -0.497 e. The van der Waals surface area contributed by atoms with Crippen LogP contribution in [0.3, 0.4) is 0 Å². The third kappa shape index (κ3) is 3.24. The molecule has 0 N–H and O–H groups in total. The van der Waals surface area contributed by atoms with Gasteiger partial charge in [0.15, 0.2) is 0 Å². The molecule has 3 nitrogen and oxygen atoms in total. The van der Waals surface area contributed by atoms with Crippen molar-refractivity contribution in [2.45, 2.75) is 0 Å². The Balaban J connectivity index is 1.62. The third-order valence-corrected chi connectivity index (χ3v) is 4.16. The van der Waals surface area contributed by atoms with E-state index in [0.717, 1.165) is 37.0 Å². The van der Waals surface area contributed by atoms with Gasteiger partial charge in [0.1, 0.15) is 5.75 Å². The third-order valence-electron chi connectivity index (χ3n) is 3.91. The smallest absolute Gasteiger partial charge is 0.119 e. The Hall–Kier alpha value is -1.87. The van der Waals surface area contributed by atoms with Crippen LogP contribution in [-0.4, -0.2) is 33.3 Å². The summed E-state index contributed by atoms with van der Waals surface area (Å²) in [5.74, 6) is 0.901. The van der Waals surface area contributed by atoms with E-state index in [9.17, 15) is 0 Å². The molecule has 4 heteroatoms. The summed E-state index contributed by atoms with van der Waals surface area (Å²) in [5.41, 5.74) is 2.50. The highest BCUT2D eigenvalue weighted by atomic mass is 35.5. The van der Waals surface area contributed by atoms with Crippen LogP contribution >= 0.6 is 11.6 Å². The van der Waals surface area contributed by atoms with E-state index in [0.29, 0.717) is 0 Å². The molecule has 1 aliphatic heterocycles. The number of nitrogens with zero attached hydrogens (tertiary/aromatic N) is 2. The lowest BCUT2D eigenvalue weighted by atomic mass is 10.2. The van der Waals surface area contributed by atoms with Crippen molar-refractivity contribution < 1.29 is 4.74 Å². The lowest BCUT2D eigenvalue weighted by molar-refractivity contribution is 0.415. The fourth-order valence-electron chi connectivity index (χ4n) is 2.67. The summed E-state index contributed by atoms with van der Waals surface area (Å²) in [6, 6.07) is 16.4. The van der Waals surface area contributed by atoms with Crippen LogP contribution in [0.2, 0.25) is 5.02 Å². The molecule has 1 fully saturated rings. The number of methoxy groups -OCH3 is 1. The summed E-state index contributed by atoms with van der Waals surface area (Å²) in [7, 11) is 1.69. The molecule has 0 saturated carbocycles. The second-order valence-corrected chi connectivity index (χ2v) is 5.58. The molecule has 21 heavy (non-hydrogen) atoms. The topological polar surface area (TPSA) is 15.7 Å².